The highest BCUT2D eigenvalue weighted by molar-refractivity contribution is 5.32. The average Bonchev–Trinajstić information content (AvgIpc) is 2.24. The smallest absolute Gasteiger partial charge is 0.316 e. The number of likely N-dealkylation sites (N-methyl/N-ethyl adjacent to an activating group) is 1. The molecule has 0 fully saturated rings. The van der Waals surface area contributed by atoms with Gasteiger partial charge in [0.05, 0.1) is 5.56 Å². The molecule has 90 valence electrons. The Kier molecular flexibility index (Phi) is 4.35. The highest BCUT2D eigenvalue weighted by atomic mass is 19.4. The van der Waals surface area contributed by atoms with E-state index in [4.69, 9.17) is 0 Å². The molecule has 1 atom stereocenters. The summed E-state index contributed by atoms with van der Waals surface area (Å²) in [6.45, 7) is 5.05. The Labute approximate surface area is 93.7 Å². The van der Waals surface area contributed by atoms with Gasteiger partial charge in [0.25, 0.3) is 0 Å². The van der Waals surface area contributed by atoms with E-state index in [2.05, 4.69) is 5.32 Å². The molecule has 0 aliphatic carbocycles. The molecule has 1 rings (SSSR count). The maximum atomic E-state index is 12.7. The Balaban J connectivity index is 2.94. The van der Waals surface area contributed by atoms with E-state index in [0.717, 1.165) is 12.6 Å². The Bertz CT molecular complexity index is 333. The molecule has 0 saturated heterocycles. The lowest BCUT2D eigenvalue weighted by atomic mass is 9.95. The predicted octanol–water partition coefficient (Wildman–Crippen LogP) is 3.42. The summed E-state index contributed by atoms with van der Waals surface area (Å²) in [7, 11) is 0. The van der Waals surface area contributed by atoms with Gasteiger partial charge in [-0.1, -0.05) is 32.0 Å². The van der Waals surface area contributed by atoms with Crippen LogP contribution in [0.25, 0.3) is 0 Å². The predicted molar refractivity (Wildman–Crippen MR) is 58.4 cm³/mol. The first-order valence-corrected chi connectivity index (χ1v) is 5.33. The van der Waals surface area contributed by atoms with Crippen LogP contribution in [-0.4, -0.2) is 13.1 Å². The highest BCUT2D eigenvalue weighted by Gasteiger charge is 2.33. The number of benzene rings is 1. The van der Waals surface area contributed by atoms with Crippen molar-refractivity contribution in [2.45, 2.75) is 25.9 Å². The summed E-state index contributed by atoms with van der Waals surface area (Å²) < 4.78 is 38.1. The summed E-state index contributed by atoms with van der Waals surface area (Å²) in [5.41, 5.74) is -0.170. The minimum atomic E-state index is -4.27. The first-order valence-electron chi connectivity index (χ1n) is 5.33. The molecule has 0 amide bonds. The minimum Gasteiger partial charge on any atom is -0.316 e. The largest absolute Gasteiger partial charge is 0.416 e. The van der Waals surface area contributed by atoms with Crippen molar-refractivity contribution in [1.29, 1.82) is 0 Å². The summed E-state index contributed by atoms with van der Waals surface area (Å²) in [5.74, 6) is -0.141. The van der Waals surface area contributed by atoms with E-state index in [1.54, 1.807) is 19.1 Å². The quantitative estimate of drug-likeness (QED) is 0.837. The molecule has 0 aromatic heterocycles. The van der Waals surface area contributed by atoms with E-state index in [-0.39, 0.29) is 5.92 Å². The van der Waals surface area contributed by atoms with Gasteiger partial charge in [-0.05, 0) is 24.1 Å². The molecule has 0 aliphatic heterocycles. The summed E-state index contributed by atoms with van der Waals surface area (Å²) in [5, 5.41) is 3.06. The van der Waals surface area contributed by atoms with Gasteiger partial charge in [-0.15, -0.1) is 0 Å². The second-order valence-corrected chi connectivity index (χ2v) is 3.79. The van der Waals surface area contributed by atoms with E-state index in [1.807, 2.05) is 6.92 Å². The zero-order valence-electron chi connectivity index (χ0n) is 9.43. The average molecular weight is 231 g/mol. The van der Waals surface area contributed by atoms with Crippen LogP contribution in [0.5, 0.6) is 0 Å². The van der Waals surface area contributed by atoms with Gasteiger partial charge in [-0.3, -0.25) is 0 Å². The molecule has 0 radical (unpaired) electrons. The van der Waals surface area contributed by atoms with Crippen molar-refractivity contribution in [3.8, 4) is 0 Å². The first kappa shape index (κ1) is 13.0. The third-order valence-corrected chi connectivity index (χ3v) is 2.50. The van der Waals surface area contributed by atoms with Crippen LogP contribution in [0.15, 0.2) is 24.3 Å². The molecule has 0 bridgehead atoms. The van der Waals surface area contributed by atoms with Gasteiger partial charge < -0.3 is 5.32 Å². The molecule has 4 heteroatoms. The number of alkyl halides is 3. The Hall–Kier alpha value is -1.03. The van der Waals surface area contributed by atoms with Crippen molar-refractivity contribution >= 4 is 0 Å². The van der Waals surface area contributed by atoms with Gasteiger partial charge >= 0.3 is 6.18 Å². The fraction of sp³-hybridized carbons (Fsp3) is 0.500. The second kappa shape index (κ2) is 5.34. The Morgan fingerprint density at radius 1 is 1.25 bits per heavy atom. The monoisotopic (exact) mass is 231 g/mol. The highest BCUT2D eigenvalue weighted by Crippen LogP contribution is 2.34. The maximum Gasteiger partial charge on any atom is 0.416 e. The summed E-state index contributed by atoms with van der Waals surface area (Å²) >= 11 is 0. The van der Waals surface area contributed by atoms with Crippen molar-refractivity contribution in [3.05, 3.63) is 35.4 Å². The Morgan fingerprint density at radius 2 is 1.88 bits per heavy atom. The number of rotatable bonds is 4. The van der Waals surface area contributed by atoms with E-state index < -0.39 is 11.7 Å². The van der Waals surface area contributed by atoms with Crippen LogP contribution in [0.1, 0.15) is 30.9 Å². The van der Waals surface area contributed by atoms with Crippen molar-refractivity contribution in [2.24, 2.45) is 0 Å². The topological polar surface area (TPSA) is 12.0 Å². The van der Waals surface area contributed by atoms with Crippen LogP contribution < -0.4 is 5.32 Å². The molecular formula is C12H16F3N. The zero-order valence-corrected chi connectivity index (χ0v) is 9.43. The van der Waals surface area contributed by atoms with Crippen LogP contribution in [0, 0.1) is 0 Å². The first-order chi connectivity index (χ1) is 7.46. The van der Waals surface area contributed by atoms with Gasteiger partial charge in [0.15, 0.2) is 0 Å². The number of hydrogen-bond donors (Lipinski definition) is 1. The van der Waals surface area contributed by atoms with Crippen LogP contribution >= 0.6 is 0 Å². The molecule has 1 aromatic rings. The summed E-state index contributed by atoms with van der Waals surface area (Å²) in [6, 6.07) is 5.75. The minimum absolute atomic E-state index is 0.141. The molecule has 1 nitrogen and oxygen atoms in total. The fourth-order valence-corrected chi connectivity index (χ4v) is 1.66. The number of hydrogen-bond acceptors (Lipinski definition) is 1. The Morgan fingerprint density at radius 3 is 2.44 bits per heavy atom. The molecule has 0 spiro atoms. The zero-order chi connectivity index (χ0) is 12.2. The van der Waals surface area contributed by atoms with Gasteiger partial charge in [0.2, 0.25) is 0 Å². The summed E-state index contributed by atoms with van der Waals surface area (Å²) in [6.07, 6.45) is -4.27. The SMILES string of the molecule is CCNCC(C)c1ccccc1C(F)(F)F. The lowest BCUT2D eigenvalue weighted by molar-refractivity contribution is -0.138. The third kappa shape index (κ3) is 3.23. The molecule has 1 aromatic carbocycles. The van der Waals surface area contributed by atoms with Crippen molar-refractivity contribution in [2.75, 3.05) is 13.1 Å². The van der Waals surface area contributed by atoms with Gasteiger partial charge in [-0.2, -0.15) is 13.2 Å². The van der Waals surface area contributed by atoms with Crippen molar-refractivity contribution in [3.63, 3.8) is 0 Å². The van der Waals surface area contributed by atoms with Crippen LogP contribution in [0.4, 0.5) is 13.2 Å². The summed E-state index contributed by atoms with van der Waals surface area (Å²) in [4.78, 5) is 0. The van der Waals surface area contributed by atoms with E-state index in [0.29, 0.717) is 12.1 Å². The number of nitrogens with one attached hydrogen (secondary N) is 1. The number of halogens is 3. The normalized spacial score (nSPS) is 13.8. The van der Waals surface area contributed by atoms with E-state index in [1.165, 1.54) is 6.07 Å². The van der Waals surface area contributed by atoms with Gasteiger partial charge in [0, 0.05) is 6.54 Å². The van der Waals surface area contributed by atoms with E-state index >= 15 is 0 Å². The molecule has 16 heavy (non-hydrogen) atoms. The third-order valence-electron chi connectivity index (χ3n) is 2.50. The lowest BCUT2D eigenvalue weighted by Crippen LogP contribution is -2.21. The maximum absolute atomic E-state index is 12.7. The molecule has 1 unspecified atom stereocenters. The van der Waals surface area contributed by atoms with Gasteiger partial charge in [-0.25, -0.2) is 0 Å². The molecular weight excluding hydrogens is 215 g/mol. The van der Waals surface area contributed by atoms with Crippen LogP contribution in [0.2, 0.25) is 0 Å². The molecule has 0 aliphatic rings. The molecule has 1 N–H and O–H groups in total. The second-order valence-electron chi connectivity index (χ2n) is 3.79. The van der Waals surface area contributed by atoms with Crippen LogP contribution in [0.3, 0.4) is 0 Å². The van der Waals surface area contributed by atoms with Gasteiger partial charge in [0.1, 0.15) is 0 Å². The molecule has 0 saturated carbocycles. The standard InChI is InChI=1S/C12H16F3N/c1-3-16-8-9(2)10-6-4-5-7-11(10)12(13,14)15/h4-7,9,16H,3,8H2,1-2H3. The lowest BCUT2D eigenvalue weighted by Gasteiger charge is -2.18. The van der Waals surface area contributed by atoms with Crippen molar-refractivity contribution in [1.82, 2.24) is 5.32 Å². The molecule has 0 heterocycles. The van der Waals surface area contributed by atoms with Crippen molar-refractivity contribution < 1.29 is 13.2 Å². The van der Waals surface area contributed by atoms with Crippen LogP contribution in [-0.2, 0) is 6.18 Å². The van der Waals surface area contributed by atoms with E-state index in [9.17, 15) is 13.2 Å². The fourth-order valence-electron chi connectivity index (χ4n) is 1.66.